The summed E-state index contributed by atoms with van der Waals surface area (Å²) in [6.07, 6.45) is 0. The van der Waals surface area contributed by atoms with Gasteiger partial charge < -0.3 is 10.4 Å². The zero-order chi connectivity index (χ0) is 14.0. The fourth-order valence-electron chi connectivity index (χ4n) is 1.85. The molecular formula is C15H14FNO2. The minimum absolute atomic E-state index is 0.303. The molecule has 2 aromatic rings. The quantitative estimate of drug-likeness (QED) is 0.812. The molecule has 0 saturated heterocycles. The number of amides is 1. The maximum absolute atomic E-state index is 13.2. The van der Waals surface area contributed by atoms with Crippen LogP contribution in [0, 0.1) is 19.7 Å². The average Bonchev–Trinajstić information content (AvgIpc) is 2.33. The molecule has 0 atom stereocenters. The minimum atomic E-state index is -0.765. The standard InChI is InChI=1S/C15H14FNO2/c1-9-3-5-12(10(2)7-9)15(19)17-11-4-6-14(18)13(16)8-11/h3-8,18H,1-2H3,(H,17,19). The Morgan fingerprint density at radius 2 is 1.89 bits per heavy atom. The zero-order valence-corrected chi connectivity index (χ0v) is 10.7. The summed E-state index contributed by atoms with van der Waals surface area (Å²) in [4.78, 5) is 12.0. The molecule has 0 saturated carbocycles. The second-order valence-corrected chi connectivity index (χ2v) is 4.44. The maximum atomic E-state index is 13.2. The van der Waals surface area contributed by atoms with Crippen molar-refractivity contribution in [3.8, 4) is 5.75 Å². The smallest absolute Gasteiger partial charge is 0.255 e. The van der Waals surface area contributed by atoms with Gasteiger partial charge in [0.05, 0.1) is 0 Å². The van der Waals surface area contributed by atoms with Crippen LogP contribution in [0.4, 0.5) is 10.1 Å². The van der Waals surface area contributed by atoms with E-state index in [1.165, 1.54) is 12.1 Å². The number of phenols is 1. The number of carbonyl (C=O) groups excluding carboxylic acids is 1. The number of benzene rings is 2. The van der Waals surface area contributed by atoms with Crippen molar-refractivity contribution in [1.82, 2.24) is 0 Å². The van der Waals surface area contributed by atoms with Crippen LogP contribution in [-0.2, 0) is 0 Å². The molecule has 0 aliphatic carbocycles. The Kier molecular flexibility index (Phi) is 3.51. The molecule has 2 aromatic carbocycles. The lowest BCUT2D eigenvalue weighted by Crippen LogP contribution is -2.13. The van der Waals surface area contributed by atoms with Crippen molar-refractivity contribution in [2.24, 2.45) is 0 Å². The van der Waals surface area contributed by atoms with Crippen molar-refractivity contribution >= 4 is 11.6 Å². The summed E-state index contributed by atoms with van der Waals surface area (Å²) in [5.41, 5.74) is 2.78. The van der Waals surface area contributed by atoms with E-state index in [0.29, 0.717) is 11.3 Å². The lowest BCUT2D eigenvalue weighted by atomic mass is 10.1. The monoisotopic (exact) mass is 259 g/mol. The van der Waals surface area contributed by atoms with E-state index in [0.717, 1.165) is 17.2 Å². The van der Waals surface area contributed by atoms with Crippen LogP contribution in [0.1, 0.15) is 21.5 Å². The van der Waals surface area contributed by atoms with Crippen LogP contribution in [0.5, 0.6) is 5.75 Å². The molecule has 98 valence electrons. The predicted octanol–water partition coefficient (Wildman–Crippen LogP) is 3.40. The predicted molar refractivity (Wildman–Crippen MR) is 71.9 cm³/mol. The molecule has 0 heterocycles. The second kappa shape index (κ2) is 5.10. The topological polar surface area (TPSA) is 49.3 Å². The molecular weight excluding hydrogens is 245 g/mol. The van der Waals surface area contributed by atoms with Crippen molar-refractivity contribution in [3.63, 3.8) is 0 Å². The van der Waals surface area contributed by atoms with Gasteiger partial charge in [-0.2, -0.15) is 0 Å². The van der Waals surface area contributed by atoms with Gasteiger partial charge in [-0.3, -0.25) is 4.79 Å². The number of rotatable bonds is 2. The van der Waals surface area contributed by atoms with E-state index in [2.05, 4.69) is 5.32 Å². The Labute approximate surface area is 110 Å². The highest BCUT2D eigenvalue weighted by Gasteiger charge is 2.10. The van der Waals surface area contributed by atoms with Gasteiger partial charge in [-0.05, 0) is 37.6 Å². The SMILES string of the molecule is Cc1ccc(C(=O)Nc2ccc(O)c(F)c2)c(C)c1. The van der Waals surface area contributed by atoms with Crippen LogP contribution >= 0.6 is 0 Å². The van der Waals surface area contributed by atoms with Crippen molar-refractivity contribution in [1.29, 1.82) is 0 Å². The highest BCUT2D eigenvalue weighted by Crippen LogP contribution is 2.20. The third-order valence-electron chi connectivity index (χ3n) is 2.83. The van der Waals surface area contributed by atoms with Crippen LogP contribution in [0.15, 0.2) is 36.4 Å². The summed E-state index contributed by atoms with van der Waals surface area (Å²) in [6, 6.07) is 9.21. The van der Waals surface area contributed by atoms with E-state index in [1.54, 1.807) is 6.07 Å². The van der Waals surface area contributed by atoms with E-state index >= 15 is 0 Å². The number of aryl methyl sites for hydroxylation is 2. The maximum Gasteiger partial charge on any atom is 0.255 e. The minimum Gasteiger partial charge on any atom is -0.505 e. The van der Waals surface area contributed by atoms with Crippen LogP contribution in [0.2, 0.25) is 0 Å². The number of hydrogen-bond donors (Lipinski definition) is 2. The van der Waals surface area contributed by atoms with Gasteiger partial charge in [-0.25, -0.2) is 4.39 Å². The van der Waals surface area contributed by atoms with Crippen LogP contribution < -0.4 is 5.32 Å². The van der Waals surface area contributed by atoms with Crippen molar-refractivity contribution in [2.75, 3.05) is 5.32 Å². The Balaban J connectivity index is 2.23. The molecule has 0 fully saturated rings. The molecule has 3 nitrogen and oxygen atoms in total. The molecule has 0 radical (unpaired) electrons. The molecule has 2 rings (SSSR count). The Bertz CT molecular complexity index is 638. The van der Waals surface area contributed by atoms with Gasteiger partial charge in [-0.15, -0.1) is 0 Å². The van der Waals surface area contributed by atoms with Crippen molar-refractivity contribution in [3.05, 3.63) is 58.9 Å². The molecule has 0 aliphatic rings. The van der Waals surface area contributed by atoms with Crippen LogP contribution in [0.25, 0.3) is 0 Å². The number of nitrogens with one attached hydrogen (secondary N) is 1. The van der Waals surface area contributed by atoms with Gasteiger partial charge in [0.1, 0.15) is 0 Å². The summed E-state index contributed by atoms with van der Waals surface area (Å²) < 4.78 is 13.2. The average molecular weight is 259 g/mol. The Morgan fingerprint density at radius 3 is 2.53 bits per heavy atom. The number of carbonyl (C=O) groups is 1. The van der Waals surface area contributed by atoms with Gasteiger partial charge in [0.25, 0.3) is 5.91 Å². The fourth-order valence-corrected chi connectivity index (χ4v) is 1.85. The molecule has 0 aromatic heterocycles. The number of halogens is 1. The first-order valence-corrected chi connectivity index (χ1v) is 5.84. The molecule has 19 heavy (non-hydrogen) atoms. The normalized spacial score (nSPS) is 10.3. The Morgan fingerprint density at radius 1 is 1.16 bits per heavy atom. The fraction of sp³-hybridized carbons (Fsp3) is 0.133. The molecule has 0 spiro atoms. The number of aromatic hydroxyl groups is 1. The van der Waals surface area contributed by atoms with E-state index in [-0.39, 0.29) is 5.91 Å². The summed E-state index contributed by atoms with van der Waals surface area (Å²) in [5, 5.41) is 11.7. The summed E-state index contributed by atoms with van der Waals surface area (Å²) in [6.45, 7) is 3.79. The second-order valence-electron chi connectivity index (χ2n) is 4.44. The molecule has 0 aliphatic heterocycles. The lowest BCUT2D eigenvalue weighted by Gasteiger charge is -2.08. The first-order chi connectivity index (χ1) is 8.97. The summed E-state index contributed by atoms with van der Waals surface area (Å²) in [5.74, 6) is -1.51. The van der Waals surface area contributed by atoms with Gasteiger partial charge in [-0.1, -0.05) is 17.7 Å². The zero-order valence-electron chi connectivity index (χ0n) is 10.7. The lowest BCUT2D eigenvalue weighted by molar-refractivity contribution is 0.102. The summed E-state index contributed by atoms with van der Waals surface area (Å²) in [7, 11) is 0. The van der Waals surface area contributed by atoms with E-state index in [9.17, 15) is 9.18 Å². The molecule has 4 heteroatoms. The molecule has 2 N–H and O–H groups in total. The molecule has 0 unspecified atom stereocenters. The molecule has 1 amide bonds. The van der Waals surface area contributed by atoms with E-state index in [1.807, 2.05) is 26.0 Å². The van der Waals surface area contributed by atoms with Gasteiger partial charge in [0, 0.05) is 17.3 Å². The first-order valence-electron chi connectivity index (χ1n) is 5.84. The Hall–Kier alpha value is -2.36. The molecule has 0 bridgehead atoms. The van der Waals surface area contributed by atoms with Gasteiger partial charge in [0.15, 0.2) is 11.6 Å². The largest absolute Gasteiger partial charge is 0.505 e. The third-order valence-corrected chi connectivity index (χ3v) is 2.83. The van der Waals surface area contributed by atoms with Crippen molar-refractivity contribution in [2.45, 2.75) is 13.8 Å². The van der Waals surface area contributed by atoms with Crippen LogP contribution in [0.3, 0.4) is 0 Å². The van der Waals surface area contributed by atoms with Crippen molar-refractivity contribution < 1.29 is 14.3 Å². The highest BCUT2D eigenvalue weighted by atomic mass is 19.1. The van der Waals surface area contributed by atoms with Gasteiger partial charge >= 0.3 is 0 Å². The summed E-state index contributed by atoms with van der Waals surface area (Å²) >= 11 is 0. The number of hydrogen-bond acceptors (Lipinski definition) is 2. The third kappa shape index (κ3) is 2.91. The van der Waals surface area contributed by atoms with Gasteiger partial charge in [0.2, 0.25) is 0 Å². The van der Waals surface area contributed by atoms with Crippen LogP contribution in [-0.4, -0.2) is 11.0 Å². The van der Waals surface area contributed by atoms with E-state index in [4.69, 9.17) is 5.11 Å². The van der Waals surface area contributed by atoms with E-state index < -0.39 is 11.6 Å². The number of anilines is 1. The highest BCUT2D eigenvalue weighted by molar-refractivity contribution is 6.05. The first kappa shape index (κ1) is 13.1. The number of phenolic OH excluding ortho intramolecular Hbond substituents is 1.